The van der Waals surface area contributed by atoms with E-state index in [9.17, 15) is 0 Å². The van der Waals surface area contributed by atoms with Crippen LogP contribution in [0, 0.1) is 24.7 Å². The van der Waals surface area contributed by atoms with Crippen LogP contribution in [0.3, 0.4) is 0 Å². The van der Waals surface area contributed by atoms with Gasteiger partial charge in [0.25, 0.3) is 0 Å². The van der Waals surface area contributed by atoms with Crippen LogP contribution in [0.1, 0.15) is 25.0 Å². The average molecular weight is 752 g/mol. The standard InChI is InChI=1S/2C12H11Cl2.C6H4.C2H7Si.2ClH.Zr/c2*1-8-4-3-5-9-6-12(2,11(13)14)7-10(8)9;1-2-6-4-3-5(1)6;1-3-2;;;/h2*3-6,11H,1-2H3;1-4H;3H,1-2H3;2*1H;. The van der Waals surface area contributed by atoms with Crippen molar-refractivity contribution in [3.8, 4) is 11.1 Å². The SMILES string of the molecule is Cc1cccc2c1=[C]([Zr]([C]1=c3c(C)cccc3=CC1(C)C(Cl)Cl)[SiH](C)C)C(C)(C(Cl)Cl)C=2.Cl.Cl.c1cc2ccc1-2. The Morgan fingerprint density at radius 3 is 1.23 bits per heavy atom. The Morgan fingerprint density at radius 2 is 0.975 bits per heavy atom. The molecule has 2 unspecified atom stereocenters. The summed E-state index contributed by atoms with van der Waals surface area (Å²) in [5.74, 6) is -1.15. The van der Waals surface area contributed by atoms with Crippen molar-refractivity contribution in [2.75, 3.05) is 0 Å². The average Bonchev–Trinajstić information content (AvgIpc) is 3.31. The predicted molar refractivity (Wildman–Crippen MR) is 183 cm³/mol. The van der Waals surface area contributed by atoms with Gasteiger partial charge in [-0.2, -0.15) is 0 Å². The van der Waals surface area contributed by atoms with Crippen LogP contribution in [-0.2, 0) is 20.9 Å². The summed E-state index contributed by atoms with van der Waals surface area (Å²) in [6, 6.07) is 21.6. The number of aryl methyl sites for hydroxylation is 2. The summed E-state index contributed by atoms with van der Waals surface area (Å²) in [5, 5.41) is 5.30. The Bertz CT molecular complexity index is 1540. The molecule has 4 aliphatic carbocycles. The third kappa shape index (κ3) is 5.64. The molecule has 2 aromatic carbocycles. The van der Waals surface area contributed by atoms with Crippen molar-refractivity contribution in [2.24, 2.45) is 10.8 Å². The molecule has 0 amide bonds. The van der Waals surface area contributed by atoms with Crippen LogP contribution in [0.2, 0.25) is 13.1 Å². The van der Waals surface area contributed by atoms with Gasteiger partial charge in [-0.3, -0.25) is 0 Å². The van der Waals surface area contributed by atoms with Crippen LogP contribution in [0.4, 0.5) is 0 Å². The first-order valence-corrected chi connectivity index (χ1v) is 24.5. The van der Waals surface area contributed by atoms with Crippen LogP contribution in [0.5, 0.6) is 0 Å². The van der Waals surface area contributed by atoms with Gasteiger partial charge in [0, 0.05) is 0 Å². The molecule has 0 saturated heterocycles. The number of alkyl halides is 4. The Kier molecular flexibility index (Phi) is 11.1. The van der Waals surface area contributed by atoms with Gasteiger partial charge in [-0.1, -0.05) is 24.3 Å². The second-order valence-corrected chi connectivity index (χ2v) is 32.4. The second-order valence-electron chi connectivity index (χ2n) is 11.4. The number of hydrogen-bond donors (Lipinski definition) is 0. The maximum atomic E-state index is 6.77. The van der Waals surface area contributed by atoms with Gasteiger partial charge in [-0.25, -0.2) is 0 Å². The van der Waals surface area contributed by atoms with Gasteiger partial charge in [0.1, 0.15) is 0 Å². The Labute approximate surface area is 279 Å². The van der Waals surface area contributed by atoms with E-state index in [4.69, 9.17) is 46.4 Å². The monoisotopic (exact) mass is 747 g/mol. The van der Waals surface area contributed by atoms with Crippen LogP contribution < -0.4 is 20.9 Å². The number of rotatable bonds is 5. The molecule has 0 nitrogen and oxygen atoms in total. The van der Waals surface area contributed by atoms with Gasteiger partial charge in [0.2, 0.25) is 0 Å². The minimum Gasteiger partial charge on any atom is -0.147 e. The summed E-state index contributed by atoms with van der Waals surface area (Å²) >= 11 is 24.6. The number of halogens is 6. The van der Waals surface area contributed by atoms with Gasteiger partial charge in [-0.05, 0) is 11.1 Å². The summed E-state index contributed by atoms with van der Waals surface area (Å²) < 4.78 is 3.06. The van der Waals surface area contributed by atoms with Gasteiger partial charge in [0.05, 0.1) is 0 Å². The molecule has 213 valence electrons. The Hall–Kier alpha value is -0.0200. The van der Waals surface area contributed by atoms with E-state index in [2.05, 4.69) is 114 Å². The summed E-state index contributed by atoms with van der Waals surface area (Å²) in [6.45, 7) is 13.9. The maximum absolute atomic E-state index is 6.77. The van der Waals surface area contributed by atoms with Gasteiger partial charge in [0.15, 0.2) is 0 Å². The molecule has 0 fully saturated rings. The zero-order valence-electron chi connectivity index (χ0n) is 23.5. The van der Waals surface area contributed by atoms with Crippen molar-refractivity contribution in [3.05, 3.63) is 92.7 Å². The van der Waals surface area contributed by atoms with Gasteiger partial charge in [-0.15, -0.1) is 24.8 Å². The Morgan fingerprint density at radius 1 is 0.625 bits per heavy atom. The number of hydrogen-bond acceptors (Lipinski definition) is 0. The van der Waals surface area contributed by atoms with E-state index in [0.717, 1.165) is 0 Å². The van der Waals surface area contributed by atoms with E-state index in [0.29, 0.717) is 0 Å². The van der Waals surface area contributed by atoms with Crippen molar-refractivity contribution >= 4 is 95.9 Å². The first kappa shape index (κ1) is 34.5. The Balaban J connectivity index is 0.000000481. The van der Waals surface area contributed by atoms with E-state index in [1.165, 1.54) is 49.7 Å². The molecule has 0 heterocycles. The molecule has 2 atom stereocenters. The van der Waals surface area contributed by atoms with Crippen molar-refractivity contribution in [2.45, 2.75) is 50.5 Å². The van der Waals surface area contributed by atoms with Gasteiger partial charge >= 0.3 is 222 Å². The molecule has 8 heteroatoms. The molecular weight excluding hydrogens is 716 g/mol. The van der Waals surface area contributed by atoms with E-state index >= 15 is 0 Å². The summed E-state index contributed by atoms with van der Waals surface area (Å²) in [5.41, 5.74) is 4.71. The summed E-state index contributed by atoms with van der Waals surface area (Å²) in [4.78, 5) is -1.02. The predicted octanol–water partition coefficient (Wildman–Crippen LogP) is 7.54. The number of benzene rings is 3. The van der Waals surface area contributed by atoms with E-state index in [-0.39, 0.29) is 35.6 Å². The molecule has 0 aliphatic heterocycles. The van der Waals surface area contributed by atoms with Crippen molar-refractivity contribution < 1.29 is 20.9 Å². The van der Waals surface area contributed by atoms with Crippen LogP contribution in [0.25, 0.3) is 29.8 Å². The fourth-order valence-corrected chi connectivity index (χ4v) is 30.4. The van der Waals surface area contributed by atoms with E-state index in [1.807, 2.05) is 0 Å². The normalized spacial score (nSPS) is 21.0. The smallest absolute Gasteiger partial charge is 0.0184 e. The third-order valence-corrected chi connectivity index (χ3v) is 29.8. The van der Waals surface area contributed by atoms with Gasteiger partial charge < -0.3 is 0 Å². The van der Waals surface area contributed by atoms with Crippen molar-refractivity contribution in [1.29, 1.82) is 0 Å². The summed E-state index contributed by atoms with van der Waals surface area (Å²) in [7, 11) is 0. The topological polar surface area (TPSA) is 0 Å². The minimum atomic E-state index is -2.54. The first-order chi connectivity index (χ1) is 17.9. The summed E-state index contributed by atoms with van der Waals surface area (Å²) in [6.07, 6.45) is 4.64. The molecule has 6 rings (SSSR count). The molecule has 0 aromatic heterocycles. The molecule has 0 N–H and O–H groups in total. The zero-order valence-corrected chi connectivity index (χ0v) is 31.8. The minimum absolute atomic E-state index is 0. The van der Waals surface area contributed by atoms with Crippen LogP contribution in [-0.4, -0.2) is 15.6 Å². The largest absolute Gasteiger partial charge is 0.147 e. The second kappa shape index (κ2) is 12.9. The fraction of sp³-hybridized carbons (Fsp3) is 0.312. The quantitative estimate of drug-likeness (QED) is 0.146. The van der Waals surface area contributed by atoms with E-state index in [1.54, 1.807) is 0 Å². The third-order valence-electron chi connectivity index (χ3n) is 8.34. The van der Waals surface area contributed by atoms with Crippen molar-refractivity contribution in [1.82, 2.24) is 0 Å². The molecule has 0 saturated carbocycles. The fourth-order valence-electron chi connectivity index (χ4n) is 6.19. The van der Waals surface area contributed by atoms with Crippen LogP contribution >= 0.6 is 71.2 Å². The van der Waals surface area contributed by atoms with Crippen molar-refractivity contribution in [3.63, 3.8) is 0 Å². The van der Waals surface area contributed by atoms with E-state index < -0.39 is 36.5 Å². The first-order valence-electron chi connectivity index (χ1n) is 13.1. The maximum Gasteiger partial charge on any atom is -0.0184 e. The van der Waals surface area contributed by atoms with Crippen LogP contribution in [0.15, 0.2) is 60.7 Å². The molecule has 0 bridgehead atoms. The zero-order chi connectivity index (χ0) is 27.6. The molecule has 0 radical (unpaired) electrons. The molecule has 4 aliphatic rings. The molecule has 2 aromatic rings. The molecule has 0 spiro atoms. The number of fused-ring (bicyclic) bond motifs is 3. The molecule has 40 heavy (non-hydrogen) atoms. The molecular formula is C32H35Cl6SiZr.